The second kappa shape index (κ2) is 3.90. The summed E-state index contributed by atoms with van der Waals surface area (Å²) in [4.78, 5) is 16.1. The van der Waals surface area contributed by atoms with Gasteiger partial charge in [0.25, 0.3) is 5.91 Å². The largest absolute Gasteiger partial charge is 0.348 e. The van der Waals surface area contributed by atoms with Crippen molar-refractivity contribution in [1.82, 2.24) is 20.1 Å². The fourth-order valence-electron chi connectivity index (χ4n) is 2.79. The van der Waals surface area contributed by atoms with E-state index in [2.05, 4.69) is 15.4 Å². The highest BCUT2D eigenvalue weighted by Crippen LogP contribution is 2.33. The Bertz CT molecular complexity index is 850. The Morgan fingerprint density at radius 2 is 2.05 bits per heavy atom. The van der Waals surface area contributed by atoms with Crippen LogP contribution in [0, 0.1) is 0 Å². The van der Waals surface area contributed by atoms with Crippen LogP contribution in [0.1, 0.15) is 15.9 Å². The van der Waals surface area contributed by atoms with Crippen LogP contribution in [0.2, 0.25) is 0 Å². The Morgan fingerprint density at radius 3 is 2.95 bits per heavy atom. The van der Waals surface area contributed by atoms with Gasteiger partial charge in [-0.1, -0.05) is 12.1 Å². The molecule has 0 atom stereocenters. The van der Waals surface area contributed by atoms with Gasteiger partial charge in [-0.2, -0.15) is 5.10 Å². The quantitative estimate of drug-likeness (QED) is 0.730. The van der Waals surface area contributed by atoms with Gasteiger partial charge in [0.2, 0.25) is 0 Å². The fourth-order valence-corrected chi connectivity index (χ4v) is 2.79. The molecule has 1 aliphatic rings. The molecule has 3 aromatic rings. The molecule has 20 heavy (non-hydrogen) atoms. The van der Waals surface area contributed by atoms with E-state index in [9.17, 15) is 4.79 Å². The highest BCUT2D eigenvalue weighted by atomic mass is 16.1. The summed E-state index contributed by atoms with van der Waals surface area (Å²) >= 11 is 0. The van der Waals surface area contributed by atoms with Crippen molar-refractivity contribution >= 4 is 16.9 Å². The molecule has 98 valence electrons. The summed E-state index contributed by atoms with van der Waals surface area (Å²) in [5, 5.41) is 8.14. The van der Waals surface area contributed by atoms with Crippen molar-refractivity contribution in [3.8, 4) is 11.1 Å². The first-order valence-electron chi connectivity index (χ1n) is 6.43. The monoisotopic (exact) mass is 264 g/mol. The molecule has 1 amide bonds. The van der Waals surface area contributed by atoms with Crippen LogP contribution in [-0.4, -0.2) is 20.7 Å². The molecular weight excluding hydrogens is 252 g/mol. The maximum atomic E-state index is 11.8. The lowest BCUT2D eigenvalue weighted by Gasteiger charge is -2.08. The van der Waals surface area contributed by atoms with Gasteiger partial charge in [0.1, 0.15) is 0 Å². The Kier molecular flexibility index (Phi) is 2.18. The second-order valence-corrected chi connectivity index (χ2v) is 4.88. The lowest BCUT2D eigenvalue weighted by atomic mass is 9.96. The lowest BCUT2D eigenvalue weighted by molar-refractivity contribution is 0.0966. The van der Waals surface area contributed by atoms with Crippen LogP contribution in [0.3, 0.4) is 0 Å². The third-order valence-electron chi connectivity index (χ3n) is 3.77. The van der Waals surface area contributed by atoms with Crippen LogP contribution in [0.4, 0.5) is 0 Å². The van der Waals surface area contributed by atoms with Crippen molar-refractivity contribution in [3.05, 3.63) is 47.8 Å². The van der Waals surface area contributed by atoms with Gasteiger partial charge in [0.15, 0.2) is 5.65 Å². The fraction of sp³-hybridized carbons (Fsp3) is 0.133. The van der Waals surface area contributed by atoms with E-state index >= 15 is 0 Å². The number of fused-ring (bicyclic) bond motifs is 2. The molecule has 0 saturated heterocycles. The van der Waals surface area contributed by atoms with Gasteiger partial charge >= 0.3 is 0 Å². The average molecular weight is 264 g/mol. The molecule has 5 heteroatoms. The summed E-state index contributed by atoms with van der Waals surface area (Å²) in [5.41, 5.74) is 4.79. The zero-order valence-corrected chi connectivity index (χ0v) is 10.9. The Labute approximate surface area is 115 Å². The van der Waals surface area contributed by atoms with E-state index in [1.165, 1.54) is 0 Å². The van der Waals surface area contributed by atoms with E-state index in [0.29, 0.717) is 6.54 Å². The molecule has 0 radical (unpaired) electrons. The molecule has 0 aliphatic carbocycles. The number of carbonyl (C=O) groups excluding carboxylic acids is 1. The number of benzene rings is 1. The van der Waals surface area contributed by atoms with Crippen LogP contribution in [0.15, 0.2) is 36.7 Å². The van der Waals surface area contributed by atoms with Crippen LogP contribution < -0.4 is 5.32 Å². The number of nitrogens with one attached hydrogen (secondary N) is 1. The maximum Gasteiger partial charge on any atom is 0.251 e. The van der Waals surface area contributed by atoms with E-state index in [1.54, 1.807) is 10.9 Å². The molecule has 0 fully saturated rings. The minimum atomic E-state index is -0.00154. The summed E-state index contributed by atoms with van der Waals surface area (Å²) in [5.74, 6) is -0.00154. The highest BCUT2D eigenvalue weighted by molar-refractivity contribution is 6.02. The van der Waals surface area contributed by atoms with E-state index in [0.717, 1.165) is 33.3 Å². The minimum Gasteiger partial charge on any atom is -0.348 e. The number of amides is 1. The van der Waals surface area contributed by atoms with E-state index in [4.69, 9.17) is 0 Å². The number of carbonyl (C=O) groups is 1. The van der Waals surface area contributed by atoms with Crippen LogP contribution >= 0.6 is 0 Å². The molecule has 5 nitrogen and oxygen atoms in total. The third-order valence-corrected chi connectivity index (χ3v) is 3.77. The predicted molar refractivity (Wildman–Crippen MR) is 75.1 cm³/mol. The standard InChI is InChI=1S/C15H12N4O/c1-19-14-13(8-18-19)10(5-6-16-14)9-3-2-4-11-12(9)7-17-15(11)20/h2-6,8H,7H2,1H3,(H,17,20). The zero-order chi connectivity index (χ0) is 13.7. The van der Waals surface area contributed by atoms with Gasteiger partial charge in [0, 0.05) is 30.7 Å². The van der Waals surface area contributed by atoms with Gasteiger partial charge in [-0.05, 0) is 28.8 Å². The van der Waals surface area contributed by atoms with Crippen molar-refractivity contribution in [2.75, 3.05) is 0 Å². The molecule has 0 unspecified atom stereocenters. The van der Waals surface area contributed by atoms with Crippen molar-refractivity contribution in [2.45, 2.75) is 6.54 Å². The molecule has 1 aliphatic heterocycles. The molecule has 2 aromatic heterocycles. The number of aromatic nitrogens is 3. The summed E-state index contributed by atoms with van der Waals surface area (Å²) in [6.45, 7) is 0.578. The minimum absolute atomic E-state index is 0.00154. The molecule has 0 saturated carbocycles. The average Bonchev–Trinajstić information content (AvgIpc) is 3.03. The second-order valence-electron chi connectivity index (χ2n) is 4.88. The van der Waals surface area contributed by atoms with E-state index in [1.807, 2.05) is 37.5 Å². The molecule has 0 bridgehead atoms. The SMILES string of the molecule is Cn1ncc2c(-c3cccc4c3CNC4=O)ccnc21. The van der Waals surface area contributed by atoms with Crippen LogP contribution in [0.25, 0.3) is 22.2 Å². The Hall–Kier alpha value is -2.69. The molecule has 1 N–H and O–H groups in total. The van der Waals surface area contributed by atoms with Gasteiger partial charge in [0.05, 0.1) is 6.20 Å². The van der Waals surface area contributed by atoms with E-state index < -0.39 is 0 Å². The summed E-state index contributed by atoms with van der Waals surface area (Å²) in [6.07, 6.45) is 3.60. The first-order valence-corrected chi connectivity index (χ1v) is 6.43. The van der Waals surface area contributed by atoms with Crippen LogP contribution in [0.5, 0.6) is 0 Å². The van der Waals surface area contributed by atoms with Crippen molar-refractivity contribution in [1.29, 1.82) is 0 Å². The smallest absolute Gasteiger partial charge is 0.251 e. The maximum absolute atomic E-state index is 11.8. The predicted octanol–water partition coefficient (Wildman–Crippen LogP) is 1.88. The summed E-state index contributed by atoms with van der Waals surface area (Å²) < 4.78 is 1.76. The number of pyridine rings is 1. The number of rotatable bonds is 1. The van der Waals surface area contributed by atoms with Crippen molar-refractivity contribution < 1.29 is 4.79 Å². The van der Waals surface area contributed by atoms with Gasteiger partial charge < -0.3 is 5.32 Å². The highest BCUT2D eigenvalue weighted by Gasteiger charge is 2.22. The molecule has 3 heterocycles. The normalized spacial score (nSPS) is 13.6. The van der Waals surface area contributed by atoms with Gasteiger partial charge in [-0.3, -0.25) is 9.48 Å². The van der Waals surface area contributed by atoms with Gasteiger partial charge in [-0.25, -0.2) is 4.98 Å². The summed E-state index contributed by atoms with van der Waals surface area (Å²) in [6, 6.07) is 7.80. The number of aryl methyl sites for hydroxylation is 1. The molecule has 0 spiro atoms. The van der Waals surface area contributed by atoms with Crippen LogP contribution in [-0.2, 0) is 13.6 Å². The number of nitrogens with zero attached hydrogens (tertiary/aromatic N) is 3. The summed E-state index contributed by atoms with van der Waals surface area (Å²) in [7, 11) is 1.87. The Morgan fingerprint density at radius 1 is 1.20 bits per heavy atom. The van der Waals surface area contributed by atoms with Crippen molar-refractivity contribution in [3.63, 3.8) is 0 Å². The number of hydrogen-bond donors (Lipinski definition) is 1. The van der Waals surface area contributed by atoms with E-state index in [-0.39, 0.29) is 5.91 Å². The molecule has 4 rings (SSSR count). The van der Waals surface area contributed by atoms with Crippen molar-refractivity contribution in [2.24, 2.45) is 7.05 Å². The third kappa shape index (κ3) is 1.40. The zero-order valence-electron chi connectivity index (χ0n) is 10.9. The molecular formula is C15H12N4O. The van der Waals surface area contributed by atoms with Gasteiger partial charge in [-0.15, -0.1) is 0 Å². The first-order chi connectivity index (χ1) is 9.75. The number of hydrogen-bond acceptors (Lipinski definition) is 3. The first kappa shape index (κ1) is 11.2. The molecule has 1 aromatic carbocycles. The lowest BCUT2D eigenvalue weighted by Crippen LogP contribution is -2.12. The Balaban J connectivity index is 2.04. The topological polar surface area (TPSA) is 59.8 Å².